The van der Waals surface area contributed by atoms with Gasteiger partial charge in [0.1, 0.15) is 0 Å². The average Bonchev–Trinajstić information content (AvgIpc) is 2.96. The average molecular weight is 212 g/mol. The van der Waals surface area contributed by atoms with Gasteiger partial charge >= 0.3 is 0 Å². The number of nitrogens with one attached hydrogen (secondary N) is 1. The van der Waals surface area contributed by atoms with Crippen LogP contribution in [0.25, 0.3) is 0 Å². The van der Waals surface area contributed by atoms with Crippen LogP contribution in [0.2, 0.25) is 0 Å². The summed E-state index contributed by atoms with van der Waals surface area (Å²) in [6.45, 7) is 6.92. The fourth-order valence-corrected chi connectivity index (χ4v) is 2.62. The molecule has 0 spiro atoms. The van der Waals surface area contributed by atoms with Crippen molar-refractivity contribution in [2.24, 2.45) is 23.6 Å². The Labute approximate surface area is 95.0 Å². The molecule has 2 heteroatoms. The van der Waals surface area contributed by atoms with Gasteiger partial charge in [-0.05, 0) is 30.6 Å². The first-order valence-corrected chi connectivity index (χ1v) is 6.69. The smallest absolute Gasteiger partial charge is 0.0244 e. The van der Waals surface area contributed by atoms with E-state index < -0.39 is 0 Å². The summed E-state index contributed by atoms with van der Waals surface area (Å²) < 4.78 is 0. The van der Waals surface area contributed by atoms with E-state index in [4.69, 9.17) is 5.84 Å². The Bertz CT molecular complexity index is 170. The molecule has 0 aromatic heterocycles. The lowest BCUT2D eigenvalue weighted by atomic mass is 9.90. The summed E-state index contributed by atoms with van der Waals surface area (Å²) in [5.41, 5.74) is 3.04. The highest BCUT2D eigenvalue weighted by atomic mass is 15.2. The number of unbranched alkanes of at least 4 members (excludes halogenated alkanes) is 1. The molecule has 3 N–H and O–H groups in total. The molecule has 0 aliphatic heterocycles. The van der Waals surface area contributed by atoms with Crippen LogP contribution in [0, 0.1) is 17.8 Å². The summed E-state index contributed by atoms with van der Waals surface area (Å²) in [6.07, 6.45) is 8.03. The van der Waals surface area contributed by atoms with Crippen molar-refractivity contribution in [2.75, 3.05) is 0 Å². The van der Waals surface area contributed by atoms with Gasteiger partial charge in [-0.25, -0.2) is 0 Å². The molecule has 1 aliphatic rings. The fourth-order valence-electron chi connectivity index (χ4n) is 2.62. The van der Waals surface area contributed by atoms with Crippen molar-refractivity contribution in [1.29, 1.82) is 0 Å². The molecular weight excluding hydrogens is 184 g/mol. The van der Waals surface area contributed by atoms with E-state index >= 15 is 0 Å². The molecule has 0 amide bonds. The van der Waals surface area contributed by atoms with Crippen molar-refractivity contribution in [3.05, 3.63) is 0 Å². The van der Waals surface area contributed by atoms with Crippen molar-refractivity contribution in [1.82, 2.24) is 5.43 Å². The Morgan fingerprint density at radius 2 is 2.07 bits per heavy atom. The number of hydrogen-bond donors (Lipinski definition) is 2. The highest BCUT2D eigenvalue weighted by molar-refractivity contribution is 4.92. The minimum atomic E-state index is 0.571. The number of nitrogens with two attached hydrogens (primary N) is 1. The number of hydrazine groups is 1. The zero-order valence-corrected chi connectivity index (χ0v) is 10.6. The summed E-state index contributed by atoms with van der Waals surface area (Å²) in [7, 11) is 0. The van der Waals surface area contributed by atoms with E-state index in [1.54, 1.807) is 0 Å². The van der Waals surface area contributed by atoms with Gasteiger partial charge < -0.3 is 0 Å². The van der Waals surface area contributed by atoms with Crippen molar-refractivity contribution >= 4 is 0 Å². The van der Waals surface area contributed by atoms with Gasteiger partial charge in [-0.15, -0.1) is 0 Å². The monoisotopic (exact) mass is 212 g/mol. The standard InChI is InChI=1S/C13H28N2/c1-4-6-7-11(5-2)9-13(15-14)12-8-10(12)3/h10-13,15H,4-9,14H2,1-3H3. The molecule has 0 aromatic carbocycles. The predicted molar refractivity (Wildman–Crippen MR) is 66.3 cm³/mol. The molecule has 2 nitrogen and oxygen atoms in total. The second-order valence-electron chi connectivity index (χ2n) is 5.30. The van der Waals surface area contributed by atoms with Crippen molar-refractivity contribution in [3.8, 4) is 0 Å². The van der Waals surface area contributed by atoms with Crippen LogP contribution in [0.1, 0.15) is 59.3 Å². The van der Waals surface area contributed by atoms with E-state index in [2.05, 4.69) is 26.2 Å². The first kappa shape index (κ1) is 13.0. The van der Waals surface area contributed by atoms with Crippen molar-refractivity contribution < 1.29 is 0 Å². The first-order valence-electron chi connectivity index (χ1n) is 6.69. The lowest BCUT2D eigenvalue weighted by molar-refractivity contribution is 0.323. The maximum absolute atomic E-state index is 5.66. The Morgan fingerprint density at radius 3 is 2.47 bits per heavy atom. The lowest BCUT2D eigenvalue weighted by Crippen LogP contribution is -2.38. The summed E-state index contributed by atoms with van der Waals surface area (Å²) >= 11 is 0. The summed E-state index contributed by atoms with van der Waals surface area (Å²) in [4.78, 5) is 0. The van der Waals surface area contributed by atoms with Gasteiger partial charge in [0.2, 0.25) is 0 Å². The van der Waals surface area contributed by atoms with Gasteiger partial charge in [0.25, 0.3) is 0 Å². The first-order chi connectivity index (χ1) is 7.22. The van der Waals surface area contributed by atoms with Crippen LogP contribution >= 0.6 is 0 Å². The third-order valence-corrected chi connectivity index (χ3v) is 4.03. The quantitative estimate of drug-likeness (QED) is 0.479. The molecule has 15 heavy (non-hydrogen) atoms. The molecule has 4 atom stereocenters. The molecule has 4 unspecified atom stereocenters. The van der Waals surface area contributed by atoms with E-state index in [1.165, 1.54) is 38.5 Å². The van der Waals surface area contributed by atoms with E-state index in [-0.39, 0.29) is 0 Å². The maximum atomic E-state index is 5.66. The van der Waals surface area contributed by atoms with Crippen molar-refractivity contribution in [2.45, 2.75) is 65.3 Å². The maximum Gasteiger partial charge on any atom is 0.0244 e. The molecule has 90 valence electrons. The van der Waals surface area contributed by atoms with E-state index in [0.717, 1.165) is 17.8 Å². The lowest BCUT2D eigenvalue weighted by Gasteiger charge is -2.22. The van der Waals surface area contributed by atoms with Crippen LogP contribution in [-0.4, -0.2) is 6.04 Å². The van der Waals surface area contributed by atoms with Crippen LogP contribution in [0.5, 0.6) is 0 Å². The van der Waals surface area contributed by atoms with Crippen LogP contribution in [0.15, 0.2) is 0 Å². The molecule has 1 rings (SSSR count). The minimum absolute atomic E-state index is 0.571. The number of hydrogen-bond acceptors (Lipinski definition) is 2. The molecule has 0 saturated heterocycles. The SMILES string of the molecule is CCCCC(CC)CC(NN)C1CC1C. The van der Waals surface area contributed by atoms with Gasteiger partial charge in [-0.1, -0.05) is 46.5 Å². The van der Waals surface area contributed by atoms with Crippen LogP contribution in [0.3, 0.4) is 0 Å². The zero-order chi connectivity index (χ0) is 11.3. The highest BCUT2D eigenvalue weighted by Gasteiger charge is 2.39. The van der Waals surface area contributed by atoms with Crippen molar-refractivity contribution in [3.63, 3.8) is 0 Å². The van der Waals surface area contributed by atoms with E-state index in [1.807, 2.05) is 0 Å². The Morgan fingerprint density at radius 1 is 1.40 bits per heavy atom. The minimum Gasteiger partial charge on any atom is -0.271 e. The largest absolute Gasteiger partial charge is 0.271 e. The van der Waals surface area contributed by atoms with Gasteiger partial charge in [0, 0.05) is 6.04 Å². The second-order valence-corrected chi connectivity index (χ2v) is 5.30. The molecule has 0 heterocycles. The number of rotatable bonds is 8. The molecule has 1 aliphatic carbocycles. The van der Waals surface area contributed by atoms with Gasteiger partial charge in [-0.3, -0.25) is 11.3 Å². The van der Waals surface area contributed by atoms with Crippen LogP contribution in [-0.2, 0) is 0 Å². The highest BCUT2D eigenvalue weighted by Crippen LogP contribution is 2.42. The normalized spacial score (nSPS) is 28.8. The predicted octanol–water partition coefficient (Wildman–Crippen LogP) is 3.08. The molecule has 1 fully saturated rings. The molecule has 0 radical (unpaired) electrons. The van der Waals surface area contributed by atoms with Crippen LogP contribution in [0.4, 0.5) is 0 Å². The van der Waals surface area contributed by atoms with Gasteiger partial charge in [-0.2, -0.15) is 0 Å². The molecule has 1 saturated carbocycles. The third kappa shape index (κ3) is 4.12. The summed E-state index contributed by atoms with van der Waals surface area (Å²) in [6, 6.07) is 0.571. The Balaban J connectivity index is 2.28. The van der Waals surface area contributed by atoms with E-state index in [0.29, 0.717) is 6.04 Å². The summed E-state index contributed by atoms with van der Waals surface area (Å²) in [5.74, 6) is 8.28. The summed E-state index contributed by atoms with van der Waals surface area (Å²) in [5, 5.41) is 0. The van der Waals surface area contributed by atoms with E-state index in [9.17, 15) is 0 Å². The Hall–Kier alpha value is -0.0800. The third-order valence-electron chi connectivity index (χ3n) is 4.03. The van der Waals surface area contributed by atoms with Gasteiger partial charge in [0.05, 0.1) is 0 Å². The molecule has 0 bridgehead atoms. The molecular formula is C13H28N2. The topological polar surface area (TPSA) is 38.0 Å². The molecule has 0 aromatic rings. The zero-order valence-electron chi connectivity index (χ0n) is 10.6. The van der Waals surface area contributed by atoms with Crippen LogP contribution < -0.4 is 11.3 Å². The van der Waals surface area contributed by atoms with Gasteiger partial charge in [0.15, 0.2) is 0 Å². The second kappa shape index (κ2) is 6.49. The Kier molecular flexibility index (Phi) is 5.62. The fraction of sp³-hybridized carbons (Fsp3) is 1.00.